The first-order chi connectivity index (χ1) is 17.7. The van der Waals surface area contributed by atoms with E-state index in [-0.39, 0.29) is 34.7 Å². The van der Waals surface area contributed by atoms with Crippen molar-refractivity contribution in [2.24, 2.45) is 5.73 Å². The van der Waals surface area contributed by atoms with E-state index >= 15 is 0 Å². The summed E-state index contributed by atoms with van der Waals surface area (Å²) < 4.78 is 87.3. The second-order valence-electron chi connectivity index (χ2n) is 8.21. The molecule has 4 rings (SSSR count). The van der Waals surface area contributed by atoms with Crippen LogP contribution in [0.4, 0.5) is 42.2 Å². The van der Waals surface area contributed by atoms with Crippen LogP contribution in [0.1, 0.15) is 41.6 Å². The Kier molecular flexibility index (Phi) is 8.44. The lowest BCUT2D eigenvalue weighted by Crippen LogP contribution is -2.55. The molecule has 38 heavy (non-hydrogen) atoms. The Morgan fingerprint density at radius 2 is 1.84 bits per heavy atom. The van der Waals surface area contributed by atoms with Gasteiger partial charge in [-0.25, -0.2) is 31.9 Å². The standard InChI is InChI=1S/C20H20F4N6O.C2HF3O2/c21-17(22)11-4-1-2-5-13(11)28-19(31)12-10-26-30-9-7-15(29-18(12)30)27-14-6-3-8-20(23,24)16(14)25;3-2(4,5)1(6)7/h1-2,4-5,7,9-10,14,16-17H,3,6,8,25H2,(H,27,29)(H,28,31);(H,6,7)/t14-,16-;/m1./s1. The van der Waals surface area contributed by atoms with Crippen molar-refractivity contribution in [3.05, 3.63) is 53.9 Å². The maximum absolute atomic E-state index is 13.9. The van der Waals surface area contributed by atoms with Gasteiger partial charge in [0.2, 0.25) is 0 Å². The number of halogens is 7. The Hall–Kier alpha value is -3.95. The third-order valence-corrected chi connectivity index (χ3v) is 5.58. The fourth-order valence-electron chi connectivity index (χ4n) is 3.65. The smallest absolute Gasteiger partial charge is 0.475 e. The number of carboxylic acid groups (broad SMARTS) is 1. The molecular weight excluding hydrogens is 529 g/mol. The average molecular weight is 550 g/mol. The topological polar surface area (TPSA) is 135 Å². The van der Waals surface area contributed by atoms with Crippen LogP contribution in [-0.2, 0) is 4.79 Å². The minimum atomic E-state index is -5.08. The maximum atomic E-state index is 13.9. The highest BCUT2D eigenvalue weighted by Gasteiger charge is 2.44. The monoisotopic (exact) mass is 550 g/mol. The number of aromatic nitrogens is 3. The lowest BCUT2D eigenvalue weighted by molar-refractivity contribution is -0.192. The number of rotatable bonds is 5. The number of nitrogens with one attached hydrogen (secondary N) is 2. The molecule has 0 spiro atoms. The van der Waals surface area contributed by atoms with Crippen LogP contribution in [-0.4, -0.2) is 55.8 Å². The Labute approximate surface area is 209 Å². The van der Waals surface area contributed by atoms with Gasteiger partial charge in [-0.15, -0.1) is 0 Å². The molecule has 1 fully saturated rings. The first-order valence-corrected chi connectivity index (χ1v) is 10.9. The summed E-state index contributed by atoms with van der Waals surface area (Å²) >= 11 is 0. The quantitative estimate of drug-likeness (QED) is 0.344. The van der Waals surface area contributed by atoms with Gasteiger partial charge in [-0.3, -0.25) is 4.79 Å². The molecule has 5 N–H and O–H groups in total. The van der Waals surface area contributed by atoms with Gasteiger partial charge in [-0.2, -0.15) is 18.3 Å². The van der Waals surface area contributed by atoms with Gasteiger partial charge in [0, 0.05) is 29.9 Å². The molecule has 0 radical (unpaired) electrons. The van der Waals surface area contributed by atoms with Gasteiger partial charge in [-0.05, 0) is 25.0 Å². The van der Waals surface area contributed by atoms with Crippen LogP contribution in [0.3, 0.4) is 0 Å². The largest absolute Gasteiger partial charge is 0.490 e. The molecule has 3 aromatic rings. The maximum Gasteiger partial charge on any atom is 0.490 e. The predicted molar refractivity (Wildman–Crippen MR) is 120 cm³/mol. The summed E-state index contributed by atoms with van der Waals surface area (Å²) in [7, 11) is 0. The Morgan fingerprint density at radius 1 is 1.18 bits per heavy atom. The summed E-state index contributed by atoms with van der Waals surface area (Å²) in [5.74, 6) is -6.14. The number of fused-ring (bicyclic) bond motifs is 1. The Balaban J connectivity index is 0.000000505. The summed E-state index contributed by atoms with van der Waals surface area (Å²) in [4.78, 5) is 25.9. The highest BCUT2D eigenvalue weighted by molar-refractivity contribution is 6.08. The van der Waals surface area contributed by atoms with E-state index in [0.717, 1.165) is 0 Å². The van der Waals surface area contributed by atoms with Gasteiger partial charge < -0.3 is 21.5 Å². The zero-order chi connectivity index (χ0) is 28.3. The summed E-state index contributed by atoms with van der Waals surface area (Å²) in [6.07, 6.45) is -4.54. The van der Waals surface area contributed by atoms with Gasteiger partial charge in [0.1, 0.15) is 11.4 Å². The van der Waals surface area contributed by atoms with Gasteiger partial charge >= 0.3 is 12.1 Å². The lowest BCUT2D eigenvalue weighted by atomic mass is 9.87. The highest BCUT2D eigenvalue weighted by atomic mass is 19.4. The number of alkyl halides is 7. The normalized spacial score (nSPS) is 19.0. The van der Waals surface area contributed by atoms with Crippen molar-refractivity contribution in [1.82, 2.24) is 14.6 Å². The van der Waals surface area contributed by atoms with E-state index in [1.807, 2.05) is 0 Å². The van der Waals surface area contributed by atoms with Crippen molar-refractivity contribution in [3.63, 3.8) is 0 Å². The Bertz CT molecular complexity index is 1300. The molecule has 0 aliphatic heterocycles. The highest BCUT2D eigenvalue weighted by Crippen LogP contribution is 2.34. The van der Waals surface area contributed by atoms with Crippen molar-refractivity contribution < 1.29 is 45.4 Å². The molecule has 0 unspecified atom stereocenters. The lowest BCUT2D eigenvalue weighted by Gasteiger charge is -2.36. The number of hydrogen-bond acceptors (Lipinski definition) is 6. The molecule has 16 heteroatoms. The number of nitrogens with zero attached hydrogens (tertiary/aromatic N) is 3. The van der Waals surface area contributed by atoms with Crippen LogP contribution in [0.25, 0.3) is 5.65 Å². The molecule has 2 atom stereocenters. The van der Waals surface area contributed by atoms with Gasteiger partial charge in [0.15, 0.2) is 5.65 Å². The number of nitrogens with two attached hydrogens (primary N) is 1. The number of amides is 1. The van der Waals surface area contributed by atoms with Crippen LogP contribution in [0, 0.1) is 0 Å². The number of carbonyl (C=O) groups is 2. The van der Waals surface area contributed by atoms with Gasteiger partial charge in [0.05, 0.1) is 12.2 Å². The second-order valence-corrected chi connectivity index (χ2v) is 8.21. The van der Waals surface area contributed by atoms with Crippen molar-refractivity contribution >= 4 is 29.0 Å². The number of hydrogen-bond donors (Lipinski definition) is 4. The third kappa shape index (κ3) is 6.67. The second kappa shape index (κ2) is 11.2. The van der Waals surface area contributed by atoms with Gasteiger partial charge in [-0.1, -0.05) is 18.2 Å². The molecule has 1 aliphatic carbocycles. The van der Waals surface area contributed by atoms with E-state index in [1.54, 1.807) is 0 Å². The van der Waals surface area contributed by atoms with E-state index in [0.29, 0.717) is 12.8 Å². The van der Waals surface area contributed by atoms with Crippen LogP contribution >= 0.6 is 0 Å². The zero-order valence-corrected chi connectivity index (χ0v) is 19.2. The first kappa shape index (κ1) is 28.6. The van der Waals surface area contributed by atoms with Crippen LogP contribution in [0.2, 0.25) is 0 Å². The number of anilines is 2. The summed E-state index contributed by atoms with van der Waals surface area (Å²) in [6, 6.07) is 5.06. The summed E-state index contributed by atoms with van der Waals surface area (Å²) in [6.45, 7) is 0. The summed E-state index contributed by atoms with van der Waals surface area (Å²) in [5, 5.41) is 16.5. The molecule has 1 amide bonds. The number of aliphatic carboxylic acids is 1. The number of carbonyl (C=O) groups excluding carboxylic acids is 1. The number of para-hydroxylation sites is 1. The average Bonchev–Trinajstić information content (AvgIpc) is 3.25. The van der Waals surface area contributed by atoms with Crippen molar-refractivity contribution in [3.8, 4) is 0 Å². The third-order valence-electron chi connectivity index (χ3n) is 5.58. The SMILES string of the molecule is N[C@@H]1[C@H](Nc2ccn3ncc(C(=O)Nc4ccccc4C(F)F)c3n2)CCCC1(F)F.O=C(O)C(F)(F)F. The molecular formula is C22H21F7N6O3. The van der Waals surface area contributed by atoms with Crippen molar-refractivity contribution in [2.75, 3.05) is 10.6 Å². The molecule has 206 valence electrons. The molecule has 9 nitrogen and oxygen atoms in total. The number of carboxylic acids is 1. The minimum Gasteiger partial charge on any atom is -0.475 e. The van der Waals surface area contributed by atoms with Gasteiger partial charge in [0.25, 0.3) is 18.3 Å². The van der Waals surface area contributed by atoms with Crippen molar-refractivity contribution in [1.29, 1.82) is 0 Å². The fraction of sp³-hybridized carbons (Fsp3) is 0.364. The molecule has 1 saturated carbocycles. The molecule has 0 bridgehead atoms. The molecule has 2 heterocycles. The predicted octanol–water partition coefficient (Wildman–Crippen LogP) is 4.48. The van der Waals surface area contributed by atoms with Crippen molar-refractivity contribution in [2.45, 2.75) is 49.9 Å². The zero-order valence-electron chi connectivity index (χ0n) is 19.2. The van der Waals surface area contributed by atoms with Crippen LogP contribution in [0.5, 0.6) is 0 Å². The van der Waals surface area contributed by atoms with E-state index < -0.39 is 42.5 Å². The van der Waals surface area contributed by atoms with Crippen LogP contribution < -0.4 is 16.4 Å². The molecule has 2 aromatic heterocycles. The van der Waals surface area contributed by atoms with E-state index in [2.05, 4.69) is 20.7 Å². The molecule has 0 saturated heterocycles. The fourth-order valence-corrected chi connectivity index (χ4v) is 3.65. The van der Waals surface area contributed by atoms with E-state index in [4.69, 9.17) is 15.6 Å². The van der Waals surface area contributed by atoms with Crippen LogP contribution in [0.15, 0.2) is 42.7 Å². The number of benzene rings is 1. The summed E-state index contributed by atoms with van der Waals surface area (Å²) in [5.41, 5.74) is 5.58. The molecule has 1 aromatic carbocycles. The molecule has 1 aliphatic rings. The first-order valence-electron chi connectivity index (χ1n) is 10.9. The minimum absolute atomic E-state index is 0.0217. The Morgan fingerprint density at radius 3 is 2.47 bits per heavy atom. The van der Waals surface area contributed by atoms with E-state index in [9.17, 15) is 35.5 Å². The van der Waals surface area contributed by atoms with E-state index in [1.165, 1.54) is 47.2 Å².